The smallest absolute Gasteiger partial charge is 0.409 e. The van der Waals surface area contributed by atoms with Crippen LogP contribution in [0.2, 0.25) is 0 Å². The molecule has 1 amide bonds. The molecule has 1 heterocycles. The van der Waals surface area contributed by atoms with E-state index < -0.39 is 0 Å². The third kappa shape index (κ3) is 3.93. The molecule has 1 saturated heterocycles. The second kappa shape index (κ2) is 6.62. The average Bonchev–Trinajstić information content (AvgIpc) is 2.58. The molecule has 5 heteroatoms. The topological polar surface area (TPSA) is 50.8 Å². The van der Waals surface area contributed by atoms with Crippen LogP contribution in [0, 0.1) is 0 Å². The summed E-state index contributed by atoms with van der Waals surface area (Å²) in [5.41, 5.74) is 0. The first kappa shape index (κ1) is 11.3. The predicted octanol–water partition coefficient (Wildman–Crippen LogP) is 0.0647. The fraction of sp³-hybridized carbons (Fsp3) is 0.889. The molecule has 0 bridgehead atoms. The van der Waals surface area contributed by atoms with Crippen LogP contribution in [0.1, 0.15) is 6.42 Å². The Morgan fingerprint density at radius 3 is 3.07 bits per heavy atom. The Kier molecular flexibility index (Phi) is 5.32. The SMILES string of the molecule is COCCNCCCN1CCOC1=O. The largest absolute Gasteiger partial charge is 0.448 e. The van der Waals surface area contributed by atoms with E-state index in [1.165, 1.54) is 0 Å². The van der Waals surface area contributed by atoms with Crippen molar-refractivity contribution >= 4 is 6.09 Å². The first-order valence-corrected chi connectivity index (χ1v) is 4.96. The van der Waals surface area contributed by atoms with Gasteiger partial charge in [-0.1, -0.05) is 0 Å². The number of amides is 1. The van der Waals surface area contributed by atoms with Crippen molar-refractivity contribution in [2.45, 2.75) is 6.42 Å². The number of rotatable bonds is 7. The number of nitrogens with one attached hydrogen (secondary N) is 1. The Morgan fingerprint density at radius 2 is 2.43 bits per heavy atom. The molecule has 1 rings (SSSR count). The van der Waals surface area contributed by atoms with Crippen molar-refractivity contribution in [1.29, 1.82) is 0 Å². The van der Waals surface area contributed by atoms with Crippen molar-refractivity contribution in [3.05, 3.63) is 0 Å². The molecule has 0 aromatic rings. The number of ether oxygens (including phenoxy) is 2. The lowest BCUT2D eigenvalue weighted by Crippen LogP contribution is -2.29. The van der Waals surface area contributed by atoms with Gasteiger partial charge in [0.2, 0.25) is 0 Å². The van der Waals surface area contributed by atoms with Crippen LogP contribution in [-0.4, -0.2) is 57.5 Å². The van der Waals surface area contributed by atoms with Gasteiger partial charge in [-0.3, -0.25) is 0 Å². The monoisotopic (exact) mass is 202 g/mol. The Labute approximate surface area is 84.4 Å². The van der Waals surface area contributed by atoms with Gasteiger partial charge < -0.3 is 19.7 Å². The lowest BCUT2D eigenvalue weighted by Gasteiger charge is -2.12. The van der Waals surface area contributed by atoms with Crippen LogP contribution >= 0.6 is 0 Å². The van der Waals surface area contributed by atoms with Gasteiger partial charge >= 0.3 is 6.09 Å². The minimum atomic E-state index is -0.179. The molecule has 1 aliphatic rings. The molecular weight excluding hydrogens is 184 g/mol. The molecule has 14 heavy (non-hydrogen) atoms. The molecular formula is C9H18N2O3. The van der Waals surface area contributed by atoms with E-state index in [1.807, 2.05) is 0 Å². The summed E-state index contributed by atoms with van der Waals surface area (Å²) >= 11 is 0. The van der Waals surface area contributed by atoms with Crippen LogP contribution in [-0.2, 0) is 9.47 Å². The molecule has 0 aliphatic carbocycles. The third-order valence-corrected chi connectivity index (χ3v) is 2.11. The van der Waals surface area contributed by atoms with E-state index in [9.17, 15) is 4.79 Å². The Balaban J connectivity index is 1.90. The molecule has 0 radical (unpaired) electrons. The zero-order valence-corrected chi connectivity index (χ0v) is 8.62. The summed E-state index contributed by atoms with van der Waals surface area (Å²) in [4.78, 5) is 12.7. The number of methoxy groups -OCH3 is 1. The van der Waals surface area contributed by atoms with Crippen LogP contribution in [0.15, 0.2) is 0 Å². The van der Waals surface area contributed by atoms with Gasteiger partial charge in [0, 0.05) is 20.2 Å². The molecule has 1 N–H and O–H groups in total. The lowest BCUT2D eigenvalue weighted by atomic mass is 10.4. The summed E-state index contributed by atoms with van der Waals surface area (Å²) < 4.78 is 9.70. The number of nitrogens with zero attached hydrogens (tertiary/aromatic N) is 1. The number of hydrogen-bond donors (Lipinski definition) is 1. The van der Waals surface area contributed by atoms with Crippen LogP contribution in [0.25, 0.3) is 0 Å². The molecule has 1 fully saturated rings. The molecule has 0 spiro atoms. The van der Waals surface area contributed by atoms with Crippen LogP contribution in [0.4, 0.5) is 4.79 Å². The Bertz CT molecular complexity index is 175. The van der Waals surface area contributed by atoms with Crippen molar-refractivity contribution in [2.24, 2.45) is 0 Å². The summed E-state index contributed by atoms with van der Waals surface area (Å²) in [6.45, 7) is 4.55. The average molecular weight is 202 g/mol. The van der Waals surface area contributed by atoms with Crippen LogP contribution < -0.4 is 5.32 Å². The molecule has 0 saturated carbocycles. The van der Waals surface area contributed by atoms with Gasteiger partial charge in [-0.15, -0.1) is 0 Å². The summed E-state index contributed by atoms with van der Waals surface area (Å²) in [6.07, 6.45) is 0.778. The summed E-state index contributed by atoms with van der Waals surface area (Å²) in [5.74, 6) is 0. The van der Waals surface area contributed by atoms with Crippen molar-refractivity contribution in [2.75, 3.05) is 46.5 Å². The molecule has 0 atom stereocenters. The zero-order chi connectivity index (χ0) is 10.2. The van der Waals surface area contributed by atoms with Gasteiger partial charge in [0.15, 0.2) is 0 Å². The number of hydrogen-bond acceptors (Lipinski definition) is 4. The number of cyclic esters (lactones) is 1. The summed E-state index contributed by atoms with van der Waals surface area (Å²) in [5, 5.41) is 3.22. The fourth-order valence-electron chi connectivity index (χ4n) is 1.32. The Morgan fingerprint density at radius 1 is 1.57 bits per heavy atom. The number of carbonyl (C=O) groups excluding carboxylic acids is 1. The normalized spacial score (nSPS) is 16.1. The van der Waals surface area contributed by atoms with Crippen molar-refractivity contribution in [3.63, 3.8) is 0 Å². The highest BCUT2D eigenvalue weighted by Crippen LogP contribution is 2.02. The van der Waals surface area contributed by atoms with E-state index in [0.29, 0.717) is 6.61 Å². The molecule has 1 aliphatic heterocycles. The van der Waals surface area contributed by atoms with Gasteiger partial charge in [0.25, 0.3) is 0 Å². The maximum absolute atomic E-state index is 11.0. The van der Waals surface area contributed by atoms with Crippen molar-refractivity contribution in [3.8, 4) is 0 Å². The summed E-state index contributed by atoms with van der Waals surface area (Å²) in [7, 11) is 1.68. The second-order valence-electron chi connectivity index (χ2n) is 3.20. The van der Waals surface area contributed by atoms with Gasteiger partial charge in [-0.25, -0.2) is 4.79 Å². The molecule has 0 unspecified atom stereocenters. The highest BCUT2D eigenvalue weighted by Gasteiger charge is 2.20. The quantitative estimate of drug-likeness (QED) is 0.593. The van der Waals surface area contributed by atoms with Crippen LogP contribution in [0.5, 0.6) is 0 Å². The van der Waals surface area contributed by atoms with E-state index in [-0.39, 0.29) is 6.09 Å². The fourth-order valence-corrected chi connectivity index (χ4v) is 1.32. The third-order valence-electron chi connectivity index (χ3n) is 2.11. The maximum atomic E-state index is 11.0. The van der Waals surface area contributed by atoms with Crippen molar-refractivity contribution < 1.29 is 14.3 Å². The minimum Gasteiger partial charge on any atom is -0.448 e. The first-order chi connectivity index (χ1) is 6.84. The second-order valence-corrected chi connectivity index (χ2v) is 3.20. The molecule has 82 valence electrons. The van der Waals surface area contributed by atoms with Gasteiger partial charge in [-0.2, -0.15) is 0 Å². The lowest BCUT2D eigenvalue weighted by molar-refractivity contribution is 0.158. The minimum absolute atomic E-state index is 0.179. The maximum Gasteiger partial charge on any atom is 0.409 e. The van der Waals surface area contributed by atoms with E-state index in [4.69, 9.17) is 9.47 Å². The first-order valence-electron chi connectivity index (χ1n) is 4.96. The Hall–Kier alpha value is -0.810. The molecule has 5 nitrogen and oxygen atoms in total. The summed E-state index contributed by atoms with van der Waals surface area (Å²) in [6, 6.07) is 0. The molecule has 0 aromatic carbocycles. The van der Waals surface area contributed by atoms with Crippen molar-refractivity contribution in [1.82, 2.24) is 10.2 Å². The highest BCUT2D eigenvalue weighted by molar-refractivity contribution is 5.69. The van der Waals surface area contributed by atoms with E-state index in [1.54, 1.807) is 12.0 Å². The van der Waals surface area contributed by atoms with E-state index in [2.05, 4.69) is 5.32 Å². The van der Waals surface area contributed by atoms with E-state index in [0.717, 1.165) is 39.2 Å². The van der Waals surface area contributed by atoms with Gasteiger partial charge in [0.05, 0.1) is 13.2 Å². The predicted molar refractivity (Wildman–Crippen MR) is 52.3 cm³/mol. The zero-order valence-electron chi connectivity index (χ0n) is 8.62. The van der Waals surface area contributed by atoms with Gasteiger partial charge in [-0.05, 0) is 13.0 Å². The standard InChI is InChI=1S/C9H18N2O3/c1-13-7-4-10-3-2-5-11-6-8-14-9(11)12/h10H,2-8H2,1H3. The van der Waals surface area contributed by atoms with E-state index >= 15 is 0 Å². The van der Waals surface area contributed by atoms with Crippen LogP contribution in [0.3, 0.4) is 0 Å². The number of carbonyl (C=O) groups is 1. The highest BCUT2D eigenvalue weighted by atomic mass is 16.6. The van der Waals surface area contributed by atoms with Gasteiger partial charge in [0.1, 0.15) is 6.61 Å². The molecule has 0 aromatic heterocycles.